The van der Waals surface area contributed by atoms with Gasteiger partial charge in [-0.3, -0.25) is 14.9 Å². The van der Waals surface area contributed by atoms with Gasteiger partial charge in [0.15, 0.2) is 0 Å². The Labute approximate surface area is 99.1 Å². The van der Waals surface area contributed by atoms with Crippen molar-refractivity contribution in [1.29, 1.82) is 0 Å². The minimum absolute atomic E-state index is 0.518. The second kappa shape index (κ2) is 4.63. The van der Waals surface area contributed by atoms with Gasteiger partial charge in [0, 0.05) is 0 Å². The number of amides is 1. The fourth-order valence-corrected chi connectivity index (χ4v) is 2.96. The molecule has 0 unspecified atom stereocenters. The molecule has 1 heterocycles. The van der Waals surface area contributed by atoms with Gasteiger partial charge in [-0.1, -0.05) is 0 Å². The van der Waals surface area contributed by atoms with Crippen LogP contribution in [-0.2, 0) is 9.59 Å². The molecule has 1 aliphatic heterocycles. The van der Waals surface area contributed by atoms with Crippen molar-refractivity contribution >= 4 is 23.6 Å². The largest absolute Gasteiger partial charge is 0.480 e. The third-order valence-corrected chi connectivity index (χ3v) is 3.91. The van der Waals surface area contributed by atoms with Crippen LogP contribution in [0.4, 0.5) is 0 Å². The molecule has 1 fully saturated rings. The van der Waals surface area contributed by atoms with Crippen molar-refractivity contribution < 1.29 is 14.7 Å². The molecule has 0 bridgehead atoms. The molecule has 0 atom stereocenters. The Bertz CT molecular complexity index is 298. The van der Waals surface area contributed by atoms with Crippen LogP contribution in [-0.4, -0.2) is 39.6 Å². The van der Waals surface area contributed by atoms with Gasteiger partial charge in [-0.05, 0) is 38.2 Å². The van der Waals surface area contributed by atoms with Crippen LogP contribution in [0.15, 0.2) is 0 Å². The SMILES string of the molecule is CC(C)(NC1(C(=O)O)CCSCC1)C(N)=O. The molecule has 0 aromatic carbocycles. The van der Waals surface area contributed by atoms with Crippen molar-refractivity contribution in [2.45, 2.75) is 37.8 Å². The maximum atomic E-state index is 11.4. The summed E-state index contributed by atoms with van der Waals surface area (Å²) in [6.45, 7) is 3.23. The van der Waals surface area contributed by atoms with Crippen LogP contribution < -0.4 is 11.1 Å². The normalized spacial score (nSPS) is 20.4. The molecular weight excluding hydrogens is 228 g/mol. The van der Waals surface area contributed by atoms with E-state index in [0.29, 0.717) is 12.8 Å². The molecule has 16 heavy (non-hydrogen) atoms. The first kappa shape index (κ1) is 13.3. The monoisotopic (exact) mass is 246 g/mol. The number of aliphatic carboxylic acids is 1. The summed E-state index contributed by atoms with van der Waals surface area (Å²) in [5, 5.41) is 12.2. The van der Waals surface area contributed by atoms with Crippen molar-refractivity contribution in [2.24, 2.45) is 5.73 Å². The number of carboxylic acids is 1. The number of nitrogens with one attached hydrogen (secondary N) is 1. The van der Waals surface area contributed by atoms with Gasteiger partial charge in [-0.25, -0.2) is 0 Å². The van der Waals surface area contributed by atoms with E-state index in [2.05, 4.69) is 5.32 Å². The highest BCUT2D eigenvalue weighted by Gasteiger charge is 2.44. The molecule has 1 aliphatic rings. The van der Waals surface area contributed by atoms with E-state index < -0.39 is 23.0 Å². The molecule has 4 N–H and O–H groups in total. The number of thioether (sulfide) groups is 1. The van der Waals surface area contributed by atoms with Crippen molar-refractivity contribution in [3.8, 4) is 0 Å². The van der Waals surface area contributed by atoms with E-state index in [1.54, 1.807) is 25.6 Å². The minimum atomic E-state index is -1.01. The second-order valence-corrected chi connectivity index (χ2v) is 5.84. The van der Waals surface area contributed by atoms with E-state index in [1.807, 2.05) is 0 Å². The van der Waals surface area contributed by atoms with Crippen LogP contribution in [0.5, 0.6) is 0 Å². The van der Waals surface area contributed by atoms with Gasteiger partial charge in [-0.2, -0.15) is 11.8 Å². The Morgan fingerprint density at radius 3 is 2.25 bits per heavy atom. The molecule has 1 amide bonds. The molecule has 0 aromatic heterocycles. The highest BCUT2D eigenvalue weighted by Crippen LogP contribution is 2.29. The zero-order valence-corrected chi connectivity index (χ0v) is 10.4. The van der Waals surface area contributed by atoms with Crippen LogP contribution in [0.25, 0.3) is 0 Å². The first-order valence-electron chi connectivity index (χ1n) is 5.20. The Hall–Kier alpha value is -0.750. The summed E-state index contributed by atoms with van der Waals surface area (Å²) in [5.41, 5.74) is 3.24. The molecule has 1 saturated heterocycles. The Morgan fingerprint density at radius 1 is 1.38 bits per heavy atom. The third-order valence-electron chi connectivity index (χ3n) is 2.92. The lowest BCUT2D eigenvalue weighted by atomic mass is 9.88. The Balaban J connectivity index is 2.87. The van der Waals surface area contributed by atoms with E-state index in [1.165, 1.54) is 0 Å². The van der Waals surface area contributed by atoms with Crippen molar-refractivity contribution in [1.82, 2.24) is 5.32 Å². The maximum absolute atomic E-state index is 11.4. The lowest BCUT2D eigenvalue weighted by Crippen LogP contribution is -2.65. The van der Waals surface area contributed by atoms with Gasteiger partial charge in [0.1, 0.15) is 5.54 Å². The number of nitrogens with two attached hydrogens (primary N) is 1. The Morgan fingerprint density at radius 2 is 1.88 bits per heavy atom. The van der Waals surface area contributed by atoms with E-state index >= 15 is 0 Å². The molecule has 1 rings (SSSR count). The number of carbonyl (C=O) groups excluding carboxylic acids is 1. The van der Waals surface area contributed by atoms with Gasteiger partial charge in [0.05, 0.1) is 5.54 Å². The van der Waals surface area contributed by atoms with Gasteiger partial charge in [-0.15, -0.1) is 0 Å². The summed E-state index contributed by atoms with van der Waals surface area (Å²) in [7, 11) is 0. The maximum Gasteiger partial charge on any atom is 0.323 e. The predicted octanol–water partition coefficient (Wildman–Crippen LogP) is 0.190. The standard InChI is InChI=1S/C10H18N2O3S/c1-9(2,7(11)13)12-10(8(14)15)3-5-16-6-4-10/h12H,3-6H2,1-2H3,(H2,11,13)(H,14,15). The van der Waals surface area contributed by atoms with E-state index in [4.69, 9.17) is 5.73 Å². The number of rotatable bonds is 4. The van der Waals surface area contributed by atoms with E-state index in [9.17, 15) is 14.7 Å². The van der Waals surface area contributed by atoms with Crippen LogP contribution in [0.2, 0.25) is 0 Å². The number of primary amides is 1. The smallest absolute Gasteiger partial charge is 0.323 e. The average Bonchev–Trinajstić information content (AvgIpc) is 2.18. The van der Waals surface area contributed by atoms with Crippen LogP contribution in [0, 0.1) is 0 Å². The van der Waals surface area contributed by atoms with Gasteiger partial charge in [0.25, 0.3) is 0 Å². The third kappa shape index (κ3) is 2.68. The summed E-state index contributed by atoms with van der Waals surface area (Å²) in [4.78, 5) is 22.6. The zero-order chi connectivity index (χ0) is 12.4. The highest BCUT2D eigenvalue weighted by molar-refractivity contribution is 7.99. The number of hydrogen-bond donors (Lipinski definition) is 3. The quantitative estimate of drug-likeness (QED) is 0.658. The predicted molar refractivity (Wildman–Crippen MR) is 63.3 cm³/mol. The minimum Gasteiger partial charge on any atom is -0.480 e. The van der Waals surface area contributed by atoms with Gasteiger partial charge >= 0.3 is 5.97 Å². The van der Waals surface area contributed by atoms with Crippen LogP contribution >= 0.6 is 11.8 Å². The fraction of sp³-hybridized carbons (Fsp3) is 0.800. The second-order valence-electron chi connectivity index (χ2n) is 4.61. The van der Waals surface area contributed by atoms with E-state index in [-0.39, 0.29) is 0 Å². The fourth-order valence-electron chi connectivity index (χ4n) is 1.77. The molecule has 0 radical (unpaired) electrons. The van der Waals surface area contributed by atoms with E-state index in [0.717, 1.165) is 11.5 Å². The molecule has 92 valence electrons. The molecular formula is C10H18N2O3S. The van der Waals surface area contributed by atoms with Crippen molar-refractivity contribution in [2.75, 3.05) is 11.5 Å². The first-order chi connectivity index (χ1) is 7.30. The summed E-state index contributed by atoms with van der Waals surface area (Å²) in [5.74, 6) is 0.135. The molecule has 0 saturated carbocycles. The molecule has 0 aromatic rings. The number of carboxylic acid groups (broad SMARTS) is 1. The van der Waals surface area contributed by atoms with Gasteiger partial charge in [0.2, 0.25) is 5.91 Å². The summed E-state index contributed by atoms with van der Waals surface area (Å²) < 4.78 is 0. The molecule has 0 spiro atoms. The summed E-state index contributed by atoms with van der Waals surface area (Å²) in [6, 6.07) is 0. The first-order valence-corrected chi connectivity index (χ1v) is 6.36. The summed E-state index contributed by atoms with van der Waals surface area (Å²) in [6.07, 6.45) is 1.04. The van der Waals surface area contributed by atoms with Crippen molar-refractivity contribution in [3.05, 3.63) is 0 Å². The van der Waals surface area contributed by atoms with Crippen molar-refractivity contribution in [3.63, 3.8) is 0 Å². The van der Waals surface area contributed by atoms with Gasteiger partial charge < -0.3 is 10.8 Å². The highest BCUT2D eigenvalue weighted by atomic mass is 32.2. The topological polar surface area (TPSA) is 92.4 Å². The molecule has 0 aliphatic carbocycles. The van der Waals surface area contributed by atoms with Crippen LogP contribution in [0.1, 0.15) is 26.7 Å². The molecule has 5 nitrogen and oxygen atoms in total. The Kier molecular flexibility index (Phi) is 3.85. The van der Waals surface area contributed by atoms with Crippen LogP contribution in [0.3, 0.4) is 0 Å². The lowest BCUT2D eigenvalue weighted by Gasteiger charge is -2.39. The number of hydrogen-bond acceptors (Lipinski definition) is 4. The molecule has 6 heteroatoms. The summed E-state index contributed by atoms with van der Waals surface area (Å²) >= 11 is 1.73. The average molecular weight is 246 g/mol. The lowest BCUT2D eigenvalue weighted by molar-refractivity contribution is -0.146. The number of carbonyl (C=O) groups is 2. The zero-order valence-electron chi connectivity index (χ0n) is 9.58.